The lowest BCUT2D eigenvalue weighted by Crippen LogP contribution is -2.27. The fraction of sp³-hybridized carbons (Fsp3) is 0.533. The average Bonchev–Trinajstić information content (AvgIpc) is 2.81. The zero-order chi connectivity index (χ0) is 13.0. The van der Waals surface area contributed by atoms with Crippen LogP contribution >= 0.6 is 12.2 Å². The van der Waals surface area contributed by atoms with Crippen LogP contribution in [-0.2, 0) is 19.4 Å². The molecule has 2 N–H and O–H groups in total. The minimum absolute atomic E-state index is 0.613. The molecule has 0 saturated carbocycles. The van der Waals surface area contributed by atoms with E-state index in [1.807, 2.05) is 0 Å². The van der Waals surface area contributed by atoms with Crippen LogP contribution in [0.2, 0.25) is 0 Å². The molecular formula is C15H22N2S. The van der Waals surface area contributed by atoms with Gasteiger partial charge in [0.15, 0.2) is 0 Å². The maximum atomic E-state index is 5.57. The van der Waals surface area contributed by atoms with E-state index in [0.29, 0.717) is 4.99 Å². The van der Waals surface area contributed by atoms with Gasteiger partial charge in [0, 0.05) is 19.5 Å². The lowest BCUT2D eigenvalue weighted by atomic mass is 10.1. The molecule has 3 heteroatoms. The van der Waals surface area contributed by atoms with Gasteiger partial charge in [0.25, 0.3) is 0 Å². The number of aryl methyl sites for hydroxylation is 2. The summed E-state index contributed by atoms with van der Waals surface area (Å²) in [6, 6.07) is 6.96. The van der Waals surface area contributed by atoms with Crippen LogP contribution < -0.4 is 5.73 Å². The normalized spacial score (nSPS) is 13.9. The maximum Gasteiger partial charge on any atom is 0.0740 e. The largest absolute Gasteiger partial charge is 0.393 e. The van der Waals surface area contributed by atoms with Gasteiger partial charge in [-0.05, 0) is 42.5 Å². The summed E-state index contributed by atoms with van der Waals surface area (Å²) in [5.41, 5.74) is 10.1. The molecule has 0 bridgehead atoms. The van der Waals surface area contributed by atoms with E-state index in [2.05, 4.69) is 30.0 Å². The van der Waals surface area contributed by atoms with Crippen molar-refractivity contribution in [1.29, 1.82) is 0 Å². The predicted molar refractivity (Wildman–Crippen MR) is 80.8 cm³/mol. The Morgan fingerprint density at radius 2 is 2.11 bits per heavy atom. The van der Waals surface area contributed by atoms with Gasteiger partial charge in [-0.3, -0.25) is 4.90 Å². The van der Waals surface area contributed by atoms with Crippen molar-refractivity contribution in [2.75, 3.05) is 13.1 Å². The van der Waals surface area contributed by atoms with Crippen LogP contribution in [0.15, 0.2) is 18.2 Å². The molecule has 1 aliphatic rings. The molecule has 0 saturated heterocycles. The van der Waals surface area contributed by atoms with Gasteiger partial charge in [-0.1, -0.05) is 37.3 Å². The number of thiocarbonyl (C=S) groups is 1. The molecule has 0 spiro atoms. The van der Waals surface area contributed by atoms with E-state index in [0.717, 1.165) is 26.1 Å². The fourth-order valence-electron chi connectivity index (χ4n) is 2.60. The van der Waals surface area contributed by atoms with Gasteiger partial charge in [-0.25, -0.2) is 0 Å². The average molecular weight is 262 g/mol. The van der Waals surface area contributed by atoms with Crippen molar-refractivity contribution in [3.63, 3.8) is 0 Å². The van der Waals surface area contributed by atoms with Gasteiger partial charge in [0.05, 0.1) is 4.99 Å². The van der Waals surface area contributed by atoms with Crippen LogP contribution in [0.1, 0.15) is 36.5 Å². The second-order valence-corrected chi connectivity index (χ2v) is 5.57. The lowest BCUT2D eigenvalue weighted by molar-refractivity contribution is 0.288. The molecule has 1 aliphatic carbocycles. The first-order valence-corrected chi connectivity index (χ1v) is 7.21. The van der Waals surface area contributed by atoms with E-state index in [1.54, 1.807) is 11.1 Å². The van der Waals surface area contributed by atoms with Crippen LogP contribution in [0.4, 0.5) is 0 Å². The van der Waals surface area contributed by atoms with E-state index >= 15 is 0 Å². The summed E-state index contributed by atoms with van der Waals surface area (Å²) < 4.78 is 0. The highest BCUT2D eigenvalue weighted by Gasteiger charge is 2.12. The molecule has 0 heterocycles. The van der Waals surface area contributed by atoms with E-state index < -0.39 is 0 Å². The Kier molecular flexibility index (Phi) is 4.72. The Labute approximate surface area is 115 Å². The first kappa shape index (κ1) is 13.5. The summed E-state index contributed by atoms with van der Waals surface area (Å²) in [6.07, 6.45) is 4.64. The topological polar surface area (TPSA) is 29.3 Å². The number of rotatable bonds is 6. The van der Waals surface area contributed by atoms with Gasteiger partial charge in [-0.2, -0.15) is 0 Å². The predicted octanol–water partition coefficient (Wildman–Crippen LogP) is 2.67. The zero-order valence-electron chi connectivity index (χ0n) is 11.1. The van der Waals surface area contributed by atoms with Gasteiger partial charge in [-0.15, -0.1) is 0 Å². The summed E-state index contributed by atoms with van der Waals surface area (Å²) >= 11 is 4.94. The van der Waals surface area contributed by atoms with Crippen LogP contribution in [-0.4, -0.2) is 23.0 Å². The van der Waals surface area contributed by atoms with Crippen LogP contribution in [0.5, 0.6) is 0 Å². The van der Waals surface area contributed by atoms with Crippen molar-refractivity contribution in [1.82, 2.24) is 4.90 Å². The van der Waals surface area contributed by atoms with E-state index in [9.17, 15) is 0 Å². The Morgan fingerprint density at radius 1 is 1.33 bits per heavy atom. The molecule has 18 heavy (non-hydrogen) atoms. The minimum Gasteiger partial charge on any atom is -0.393 e. The molecule has 1 aromatic rings. The molecular weight excluding hydrogens is 240 g/mol. The van der Waals surface area contributed by atoms with Crippen LogP contribution in [0, 0.1) is 0 Å². The molecule has 2 nitrogen and oxygen atoms in total. The van der Waals surface area contributed by atoms with Gasteiger partial charge in [0.1, 0.15) is 0 Å². The third kappa shape index (κ3) is 3.53. The van der Waals surface area contributed by atoms with Crippen molar-refractivity contribution >= 4 is 17.2 Å². The quantitative estimate of drug-likeness (QED) is 0.799. The van der Waals surface area contributed by atoms with Gasteiger partial charge < -0.3 is 5.73 Å². The van der Waals surface area contributed by atoms with Crippen LogP contribution in [0.25, 0.3) is 0 Å². The first-order valence-electron chi connectivity index (χ1n) is 6.80. The van der Waals surface area contributed by atoms with E-state index in [4.69, 9.17) is 18.0 Å². The third-order valence-electron chi connectivity index (χ3n) is 3.69. The number of nitrogens with two attached hydrogens (primary N) is 1. The molecule has 0 aromatic heterocycles. The van der Waals surface area contributed by atoms with Crippen molar-refractivity contribution < 1.29 is 0 Å². The van der Waals surface area contributed by atoms with Crippen LogP contribution in [0.3, 0.4) is 0 Å². The molecule has 0 atom stereocenters. The summed E-state index contributed by atoms with van der Waals surface area (Å²) in [5.74, 6) is 0. The summed E-state index contributed by atoms with van der Waals surface area (Å²) in [4.78, 5) is 3.01. The first-order chi connectivity index (χ1) is 8.69. The van der Waals surface area contributed by atoms with Gasteiger partial charge >= 0.3 is 0 Å². The Balaban J connectivity index is 1.96. The van der Waals surface area contributed by atoms with Crippen molar-refractivity contribution in [2.45, 2.75) is 39.2 Å². The summed E-state index contributed by atoms with van der Waals surface area (Å²) in [7, 11) is 0. The van der Waals surface area contributed by atoms with Crippen molar-refractivity contribution in [3.05, 3.63) is 34.9 Å². The molecule has 98 valence electrons. The molecule has 1 aromatic carbocycles. The van der Waals surface area contributed by atoms with Crippen molar-refractivity contribution in [2.24, 2.45) is 5.73 Å². The molecule has 0 fully saturated rings. The molecule has 2 rings (SSSR count). The van der Waals surface area contributed by atoms with Gasteiger partial charge in [0.2, 0.25) is 0 Å². The second kappa shape index (κ2) is 6.30. The third-order valence-corrected chi connectivity index (χ3v) is 3.89. The smallest absolute Gasteiger partial charge is 0.0740 e. The number of nitrogens with zero attached hydrogens (tertiary/aromatic N) is 1. The number of hydrogen-bond acceptors (Lipinski definition) is 2. The minimum atomic E-state index is 0.613. The SMILES string of the molecule is CCN(CCC(N)=S)Cc1ccc2c(c1)CCC2. The summed E-state index contributed by atoms with van der Waals surface area (Å²) in [5, 5.41) is 0. The monoisotopic (exact) mass is 262 g/mol. The highest BCUT2D eigenvalue weighted by Crippen LogP contribution is 2.23. The summed E-state index contributed by atoms with van der Waals surface area (Å²) in [6.45, 7) is 5.20. The standard InChI is InChI=1S/C15H22N2S/c1-2-17(9-8-15(16)18)11-12-6-7-13-4-3-5-14(13)10-12/h6-7,10H,2-5,8-9,11H2,1H3,(H2,16,18). The molecule has 0 aliphatic heterocycles. The number of benzene rings is 1. The fourth-order valence-corrected chi connectivity index (χ4v) is 2.69. The zero-order valence-corrected chi connectivity index (χ0v) is 11.9. The van der Waals surface area contributed by atoms with E-state index in [-0.39, 0.29) is 0 Å². The van der Waals surface area contributed by atoms with Crippen molar-refractivity contribution in [3.8, 4) is 0 Å². The Morgan fingerprint density at radius 3 is 2.83 bits per heavy atom. The number of fused-ring (bicyclic) bond motifs is 1. The molecule has 0 radical (unpaired) electrons. The number of hydrogen-bond donors (Lipinski definition) is 1. The highest BCUT2D eigenvalue weighted by molar-refractivity contribution is 7.80. The molecule has 0 amide bonds. The lowest BCUT2D eigenvalue weighted by Gasteiger charge is -2.20. The second-order valence-electron chi connectivity index (χ2n) is 5.04. The maximum absolute atomic E-state index is 5.57. The van der Waals surface area contributed by atoms with E-state index in [1.165, 1.54) is 24.8 Å². The Hall–Kier alpha value is -0.930. The highest BCUT2D eigenvalue weighted by atomic mass is 32.1. The molecule has 0 unspecified atom stereocenters. The Bertz CT molecular complexity index is 429.